The lowest BCUT2D eigenvalue weighted by molar-refractivity contribution is -0.120. The molecule has 0 bridgehead atoms. The van der Waals surface area contributed by atoms with Crippen molar-refractivity contribution in [2.75, 3.05) is 23.5 Å². The smallest absolute Gasteiger partial charge is 0.249 e. The van der Waals surface area contributed by atoms with Gasteiger partial charge in [0.2, 0.25) is 5.91 Å². The van der Waals surface area contributed by atoms with Crippen molar-refractivity contribution < 1.29 is 14.3 Å². The number of nitrogens with zero attached hydrogens (tertiary/aromatic N) is 6. The third-order valence-electron chi connectivity index (χ3n) is 5.83. The summed E-state index contributed by atoms with van der Waals surface area (Å²) in [5.41, 5.74) is 1.14. The van der Waals surface area contributed by atoms with Crippen LogP contribution in [0, 0.1) is 0 Å². The van der Waals surface area contributed by atoms with Gasteiger partial charge in [-0.2, -0.15) is 5.10 Å². The lowest BCUT2D eigenvalue weighted by Gasteiger charge is -2.42. The lowest BCUT2D eigenvalue weighted by Crippen LogP contribution is -2.55. The van der Waals surface area contributed by atoms with Gasteiger partial charge in [0.25, 0.3) is 0 Å². The second-order valence-corrected chi connectivity index (χ2v) is 15.6. The Hall–Kier alpha value is -2.59. The Bertz CT molecular complexity index is 1000. The van der Waals surface area contributed by atoms with Gasteiger partial charge in [0.15, 0.2) is 11.6 Å². The summed E-state index contributed by atoms with van der Waals surface area (Å²) < 4.78 is 7.35. The molecule has 0 aromatic carbocycles. The number of Topliss-reactive ketones (excluding diaryl/α,β-unsaturated/α-hetero) is 1. The summed E-state index contributed by atoms with van der Waals surface area (Å²) in [5.74, 6) is 1.03. The Balaban J connectivity index is 1.77. The fraction of sp³-hybridized carbons (Fsp3) is 0.609. The van der Waals surface area contributed by atoms with Gasteiger partial charge in [0.1, 0.15) is 30.0 Å². The predicted octanol–water partition coefficient (Wildman–Crippen LogP) is 3.38. The third-order valence-corrected chi connectivity index (χ3v) is 7.54. The van der Waals surface area contributed by atoms with Crippen molar-refractivity contribution in [2.45, 2.75) is 78.1 Å². The summed E-state index contributed by atoms with van der Waals surface area (Å²) in [6.07, 6.45) is 3.97. The van der Waals surface area contributed by atoms with Crippen molar-refractivity contribution in [3.05, 3.63) is 30.0 Å². The lowest BCUT2D eigenvalue weighted by atomic mass is 10.1. The average Bonchev–Trinajstić information content (AvgIpc) is 3.21. The zero-order valence-corrected chi connectivity index (χ0v) is 21.8. The number of ketones is 1. The maximum Gasteiger partial charge on any atom is 0.249 e. The van der Waals surface area contributed by atoms with Crippen molar-refractivity contribution in [1.29, 1.82) is 0 Å². The molecule has 0 spiro atoms. The highest BCUT2D eigenvalue weighted by molar-refractivity contribution is 6.76. The molecule has 0 fully saturated rings. The standard InChI is InChI=1S/C23H36N6O3Si/c1-8-17-23(31)27(4)19-14-24-21(26-22(19)29(17)16(2)3)13-20(30)18-9-10-25-28(18)15-32-11-12-33(5,6)7/h9-10,14,16-17H,8,11-13,15H2,1-7H3. The van der Waals surface area contributed by atoms with Crippen LogP contribution in [0.25, 0.3) is 0 Å². The van der Waals surface area contributed by atoms with Gasteiger partial charge in [-0.05, 0) is 32.4 Å². The molecule has 2 aromatic rings. The van der Waals surface area contributed by atoms with Gasteiger partial charge >= 0.3 is 0 Å². The van der Waals surface area contributed by atoms with Crippen molar-refractivity contribution in [3.63, 3.8) is 0 Å². The van der Waals surface area contributed by atoms with E-state index in [4.69, 9.17) is 9.72 Å². The van der Waals surface area contributed by atoms with E-state index in [-0.39, 0.29) is 36.9 Å². The fourth-order valence-electron chi connectivity index (χ4n) is 3.93. The number of aromatic nitrogens is 4. The first-order chi connectivity index (χ1) is 15.5. The first-order valence-corrected chi connectivity index (χ1v) is 15.3. The SMILES string of the molecule is CCC1C(=O)N(C)c2cnc(CC(=O)c3ccnn3COCC[Si](C)(C)C)nc2N1C(C)C. The Morgan fingerprint density at radius 2 is 2.00 bits per heavy atom. The quantitative estimate of drug-likeness (QED) is 0.297. The molecule has 0 radical (unpaired) electrons. The minimum atomic E-state index is -1.18. The van der Waals surface area contributed by atoms with Gasteiger partial charge in [-0.15, -0.1) is 0 Å². The first-order valence-electron chi connectivity index (χ1n) is 11.6. The number of amides is 1. The number of anilines is 2. The summed E-state index contributed by atoms with van der Waals surface area (Å²) in [4.78, 5) is 38.6. The molecule has 0 saturated heterocycles. The molecule has 10 heteroatoms. The maximum absolute atomic E-state index is 13.0. The summed E-state index contributed by atoms with van der Waals surface area (Å²) in [6.45, 7) is 13.9. The van der Waals surface area contributed by atoms with Gasteiger partial charge in [-0.25, -0.2) is 14.6 Å². The highest BCUT2D eigenvalue weighted by atomic mass is 28.3. The van der Waals surface area contributed by atoms with Gasteiger partial charge in [0, 0.05) is 34.0 Å². The maximum atomic E-state index is 13.0. The van der Waals surface area contributed by atoms with Crippen LogP contribution in [0.3, 0.4) is 0 Å². The van der Waals surface area contributed by atoms with E-state index < -0.39 is 8.07 Å². The number of rotatable bonds is 10. The van der Waals surface area contributed by atoms with Gasteiger partial charge < -0.3 is 14.5 Å². The Labute approximate surface area is 197 Å². The van der Waals surface area contributed by atoms with E-state index in [1.165, 1.54) is 0 Å². The van der Waals surface area contributed by atoms with Gasteiger partial charge in [0.05, 0.1) is 12.6 Å². The predicted molar refractivity (Wildman–Crippen MR) is 132 cm³/mol. The number of hydrogen-bond donors (Lipinski definition) is 0. The molecule has 0 aliphatic carbocycles. The topological polar surface area (TPSA) is 93.5 Å². The van der Waals surface area contributed by atoms with Crippen LogP contribution >= 0.6 is 0 Å². The zero-order chi connectivity index (χ0) is 24.3. The summed E-state index contributed by atoms with van der Waals surface area (Å²) in [5, 5.41) is 4.25. The highest BCUT2D eigenvalue weighted by Crippen LogP contribution is 2.35. The highest BCUT2D eigenvalue weighted by Gasteiger charge is 2.38. The number of likely N-dealkylation sites (N-methyl/N-ethyl adjacent to an activating group) is 1. The number of ether oxygens (including phenoxy) is 1. The van der Waals surface area contributed by atoms with Crippen molar-refractivity contribution in [3.8, 4) is 0 Å². The van der Waals surface area contributed by atoms with Crippen LogP contribution in [0.1, 0.15) is 43.5 Å². The van der Waals surface area contributed by atoms with E-state index in [0.717, 1.165) is 6.04 Å². The van der Waals surface area contributed by atoms with E-state index in [9.17, 15) is 9.59 Å². The fourth-order valence-corrected chi connectivity index (χ4v) is 4.69. The molecule has 0 N–H and O–H groups in total. The van der Waals surface area contributed by atoms with E-state index in [1.807, 2.05) is 25.7 Å². The zero-order valence-electron chi connectivity index (χ0n) is 20.8. The molecule has 3 rings (SSSR count). The number of hydrogen-bond acceptors (Lipinski definition) is 7. The minimum Gasteiger partial charge on any atom is -0.360 e. The molecule has 1 unspecified atom stereocenters. The monoisotopic (exact) mass is 472 g/mol. The van der Waals surface area contributed by atoms with Crippen molar-refractivity contribution in [2.24, 2.45) is 0 Å². The Morgan fingerprint density at radius 1 is 1.27 bits per heavy atom. The Kier molecular flexibility index (Phi) is 7.68. The molecular weight excluding hydrogens is 436 g/mol. The van der Waals surface area contributed by atoms with E-state index in [1.54, 1.807) is 35.1 Å². The number of carbonyl (C=O) groups excluding carboxylic acids is 2. The molecular formula is C23H36N6O3Si. The molecule has 0 saturated carbocycles. The summed E-state index contributed by atoms with van der Waals surface area (Å²) in [7, 11) is 0.571. The normalized spacial score (nSPS) is 16.5. The van der Waals surface area contributed by atoms with Crippen LogP contribution < -0.4 is 9.80 Å². The molecule has 180 valence electrons. The molecule has 2 aromatic heterocycles. The van der Waals surface area contributed by atoms with E-state index in [0.29, 0.717) is 36.1 Å². The molecule has 9 nitrogen and oxygen atoms in total. The molecule has 3 heterocycles. The van der Waals surface area contributed by atoms with E-state index >= 15 is 0 Å². The first kappa shape index (κ1) is 25.0. The van der Waals surface area contributed by atoms with Crippen LogP contribution in [-0.2, 0) is 22.7 Å². The number of carbonyl (C=O) groups is 2. The minimum absolute atomic E-state index is 0.0316. The molecule has 33 heavy (non-hydrogen) atoms. The van der Waals surface area contributed by atoms with Crippen molar-refractivity contribution in [1.82, 2.24) is 19.7 Å². The van der Waals surface area contributed by atoms with Crippen LogP contribution in [0.2, 0.25) is 25.7 Å². The molecule has 1 aliphatic heterocycles. The third kappa shape index (κ3) is 5.67. The van der Waals surface area contributed by atoms with Gasteiger partial charge in [-0.3, -0.25) is 9.59 Å². The summed E-state index contributed by atoms with van der Waals surface area (Å²) >= 11 is 0. The van der Waals surface area contributed by atoms with Crippen LogP contribution in [0.15, 0.2) is 18.5 Å². The molecule has 1 amide bonds. The molecule has 1 atom stereocenters. The second-order valence-electron chi connectivity index (χ2n) is 9.98. The van der Waals surface area contributed by atoms with Crippen LogP contribution in [0.4, 0.5) is 11.5 Å². The average molecular weight is 473 g/mol. The largest absolute Gasteiger partial charge is 0.360 e. The number of fused-ring (bicyclic) bond motifs is 1. The van der Waals surface area contributed by atoms with Gasteiger partial charge in [-0.1, -0.05) is 26.6 Å². The second kappa shape index (κ2) is 10.1. The van der Waals surface area contributed by atoms with Crippen LogP contribution in [0.5, 0.6) is 0 Å². The van der Waals surface area contributed by atoms with Crippen molar-refractivity contribution >= 4 is 31.3 Å². The van der Waals surface area contributed by atoms with E-state index in [2.05, 4.69) is 29.7 Å². The Morgan fingerprint density at radius 3 is 2.64 bits per heavy atom. The van der Waals surface area contributed by atoms with Crippen LogP contribution in [-0.4, -0.2) is 65.3 Å². The summed E-state index contributed by atoms with van der Waals surface area (Å²) in [6, 6.07) is 2.56. The molecule has 1 aliphatic rings.